The van der Waals surface area contributed by atoms with Gasteiger partial charge in [-0.05, 0) is 29.8 Å². The van der Waals surface area contributed by atoms with Crippen LogP contribution in [0.25, 0.3) is 0 Å². The molecule has 0 saturated carbocycles. The number of esters is 1. The summed E-state index contributed by atoms with van der Waals surface area (Å²) in [5.74, 6) is 1.23. The van der Waals surface area contributed by atoms with Gasteiger partial charge in [0.1, 0.15) is 13.2 Å². The van der Waals surface area contributed by atoms with Crippen molar-refractivity contribution < 1.29 is 38.0 Å². The third kappa shape index (κ3) is 4.86. The minimum atomic E-state index is -0.674. The van der Waals surface area contributed by atoms with Crippen LogP contribution in [0.1, 0.15) is 15.9 Å². The second-order valence-corrected chi connectivity index (χ2v) is 6.24. The van der Waals surface area contributed by atoms with E-state index in [9.17, 15) is 9.59 Å². The highest BCUT2D eigenvalue weighted by molar-refractivity contribution is 5.92. The van der Waals surface area contributed by atoms with Crippen LogP contribution in [-0.2, 0) is 16.1 Å². The molecule has 1 N–H and O–H groups in total. The van der Waals surface area contributed by atoms with Crippen LogP contribution in [0.3, 0.4) is 0 Å². The molecule has 0 saturated heterocycles. The third-order valence-electron chi connectivity index (χ3n) is 4.34. The van der Waals surface area contributed by atoms with Gasteiger partial charge in [0.2, 0.25) is 5.75 Å². The number of rotatable bonds is 8. The molecule has 1 aliphatic heterocycles. The van der Waals surface area contributed by atoms with Crippen molar-refractivity contribution in [3.8, 4) is 28.7 Å². The molecule has 1 aliphatic rings. The number of hydrogen-bond donors (Lipinski definition) is 1. The van der Waals surface area contributed by atoms with Crippen molar-refractivity contribution >= 4 is 11.9 Å². The average Bonchev–Trinajstić information content (AvgIpc) is 2.79. The Morgan fingerprint density at radius 2 is 1.67 bits per heavy atom. The van der Waals surface area contributed by atoms with E-state index in [0.29, 0.717) is 42.0 Å². The number of ether oxygens (including phenoxy) is 6. The van der Waals surface area contributed by atoms with Crippen LogP contribution in [0.15, 0.2) is 30.3 Å². The number of benzene rings is 2. The van der Waals surface area contributed by atoms with E-state index in [2.05, 4.69) is 5.32 Å². The van der Waals surface area contributed by atoms with Gasteiger partial charge >= 0.3 is 5.97 Å². The van der Waals surface area contributed by atoms with E-state index < -0.39 is 18.5 Å². The van der Waals surface area contributed by atoms with Crippen LogP contribution in [0.5, 0.6) is 28.7 Å². The van der Waals surface area contributed by atoms with Crippen molar-refractivity contribution in [2.24, 2.45) is 0 Å². The minimum absolute atomic E-state index is 0.198. The first-order valence-electron chi connectivity index (χ1n) is 9.18. The van der Waals surface area contributed by atoms with Gasteiger partial charge in [0.15, 0.2) is 29.6 Å². The lowest BCUT2D eigenvalue weighted by Gasteiger charge is -2.21. The summed E-state index contributed by atoms with van der Waals surface area (Å²) in [7, 11) is 4.54. The largest absolute Gasteiger partial charge is 0.493 e. The van der Waals surface area contributed by atoms with Crippen LogP contribution in [0, 0.1) is 0 Å². The van der Waals surface area contributed by atoms with Crippen molar-refractivity contribution in [1.29, 1.82) is 0 Å². The molecule has 0 fully saturated rings. The first kappa shape index (κ1) is 21.1. The highest BCUT2D eigenvalue weighted by atomic mass is 16.6. The van der Waals surface area contributed by atoms with Gasteiger partial charge in [-0.2, -0.15) is 0 Å². The maximum Gasteiger partial charge on any atom is 0.338 e. The number of methoxy groups -OCH3 is 3. The number of carbonyl (C=O) groups excluding carboxylic acids is 2. The summed E-state index contributed by atoms with van der Waals surface area (Å²) in [6, 6.07) is 8.29. The normalized spacial score (nSPS) is 12.0. The first-order valence-corrected chi connectivity index (χ1v) is 9.18. The number of carbonyl (C=O) groups is 2. The van der Waals surface area contributed by atoms with Crippen molar-refractivity contribution in [3.63, 3.8) is 0 Å². The summed E-state index contributed by atoms with van der Waals surface area (Å²) in [5, 5.41) is 2.69. The summed E-state index contributed by atoms with van der Waals surface area (Å²) in [6.07, 6.45) is 0. The number of amides is 1. The maximum absolute atomic E-state index is 12.3. The van der Waals surface area contributed by atoms with Gasteiger partial charge in [-0.1, -0.05) is 6.07 Å². The van der Waals surface area contributed by atoms with Gasteiger partial charge in [-0.25, -0.2) is 4.79 Å². The Bertz CT molecular complexity index is 910. The Morgan fingerprint density at radius 1 is 0.933 bits per heavy atom. The quantitative estimate of drug-likeness (QED) is 0.651. The van der Waals surface area contributed by atoms with E-state index in [0.717, 1.165) is 5.56 Å². The smallest absolute Gasteiger partial charge is 0.338 e. The minimum Gasteiger partial charge on any atom is -0.493 e. The predicted octanol–water partition coefficient (Wildman–Crippen LogP) is 1.96. The molecule has 1 heterocycles. The molecular weight excluding hydrogens is 394 g/mol. The summed E-state index contributed by atoms with van der Waals surface area (Å²) < 4.78 is 31.8. The van der Waals surface area contributed by atoms with Gasteiger partial charge in [0.25, 0.3) is 5.91 Å². The summed E-state index contributed by atoms with van der Waals surface area (Å²) >= 11 is 0. The van der Waals surface area contributed by atoms with E-state index in [-0.39, 0.29) is 12.1 Å². The lowest BCUT2D eigenvalue weighted by molar-refractivity contribution is -0.124. The van der Waals surface area contributed by atoms with E-state index >= 15 is 0 Å². The molecule has 0 aliphatic carbocycles. The molecule has 9 nitrogen and oxygen atoms in total. The lowest BCUT2D eigenvalue weighted by atomic mass is 10.1. The van der Waals surface area contributed by atoms with Crippen LogP contribution in [0.4, 0.5) is 0 Å². The second-order valence-electron chi connectivity index (χ2n) is 6.24. The molecule has 0 atom stereocenters. The maximum atomic E-state index is 12.3. The van der Waals surface area contributed by atoms with E-state index in [1.54, 1.807) is 25.3 Å². The number of hydrogen-bond acceptors (Lipinski definition) is 8. The molecule has 0 aromatic heterocycles. The molecule has 2 aromatic rings. The van der Waals surface area contributed by atoms with Crippen molar-refractivity contribution in [2.45, 2.75) is 6.54 Å². The standard InChI is InChI=1S/C21H23NO8/c1-25-15-5-4-13(8-16(15)26-2)11-22-19(23)12-30-21(24)14-9-17(27-3)20-18(10-14)28-6-7-29-20/h4-5,8-10H,6-7,11-12H2,1-3H3,(H,22,23). The molecule has 0 unspecified atom stereocenters. The topological polar surface area (TPSA) is 102 Å². The molecule has 0 bridgehead atoms. The molecule has 0 spiro atoms. The molecular formula is C21H23NO8. The number of nitrogens with one attached hydrogen (secondary N) is 1. The lowest BCUT2D eigenvalue weighted by Crippen LogP contribution is -2.28. The van der Waals surface area contributed by atoms with Crippen molar-refractivity contribution in [3.05, 3.63) is 41.5 Å². The van der Waals surface area contributed by atoms with Crippen LogP contribution < -0.4 is 29.0 Å². The van der Waals surface area contributed by atoms with E-state index in [1.807, 2.05) is 0 Å². The Hall–Kier alpha value is -3.62. The van der Waals surface area contributed by atoms with E-state index in [1.165, 1.54) is 26.4 Å². The summed E-state index contributed by atoms with van der Waals surface area (Å²) in [6.45, 7) is 0.581. The summed E-state index contributed by atoms with van der Waals surface area (Å²) in [4.78, 5) is 24.4. The Kier molecular flexibility index (Phi) is 6.84. The predicted molar refractivity (Wildman–Crippen MR) is 106 cm³/mol. The first-order chi connectivity index (χ1) is 14.5. The van der Waals surface area contributed by atoms with Gasteiger partial charge in [-0.3, -0.25) is 4.79 Å². The zero-order valence-electron chi connectivity index (χ0n) is 17.0. The number of fused-ring (bicyclic) bond motifs is 1. The van der Waals surface area contributed by atoms with Gasteiger partial charge < -0.3 is 33.7 Å². The molecule has 1 amide bonds. The summed E-state index contributed by atoms with van der Waals surface area (Å²) in [5.41, 5.74) is 1.01. The molecule has 2 aromatic carbocycles. The molecule has 9 heteroatoms. The fourth-order valence-corrected chi connectivity index (χ4v) is 2.85. The highest BCUT2D eigenvalue weighted by Gasteiger charge is 2.22. The van der Waals surface area contributed by atoms with Crippen LogP contribution >= 0.6 is 0 Å². The Balaban J connectivity index is 1.55. The third-order valence-corrected chi connectivity index (χ3v) is 4.34. The monoisotopic (exact) mass is 417 g/mol. The Morgan fingerprint density at radius 3 is 2.40 bits per heavy atom. The van der Waals surface area contributed by atoms with Gasteiger partial charge in [0.05, 0.1) is 26.9 Å². The highest BCUT2D eigenvalue weighted by Crippen LogP contribution is 2.40. The SMILES string of the molecule is COc1ccc(CNC(=O)COC(=O)c2cc(OC)c3c(c2)OCCO3)cc1OC. The van der Waals surface area contributed by atoms with Crippen molar-refractivity contribution in [2.75, 3.05) is 41.2 Å². The van der Waals surface area contributed by atoms with Crippen molar-refractivity contribution in [1.82, 2.24) is 5.32 Å². The zero-order chi connectivity index (χ0) is 21.5. The average molecular weight is 417 g/mol. The van der Waals surface area contributed by atoms with Crippen LogP contribution in [0.2, 0.25) is 0 Å². The van der Waals surface area contributed by atoms with Crippen LogP contribution in [-0.4, -0.2) is 53.0 Å². The molecule has 30 heavy (non-hydrogen) atoms. The zero-order valence-corrected chi connectivity index (χ0v) is 17.0. The fourth-order valence-electron chi connectivity index (χ4n) is 2.85. The van der Waals surface area contributed by atoms with E-state index in [4.69, 9.17) is 28.4 Å². The van der Waals surface area contributed by atoms with Gasteiger partial charge in [0, 0.05) is 6.54 Å². The second kappa shape index (κ2) is 9.73. The molecule has 0 radical (unpaired) electrons. The fraction of sp³-hybridized carbons (Fsp3) is 0.333. The Labute approximate surface area is 173 Å². The molecule has 160 valence electrons. The molecule has 3 rings (SSSR count). The van der Waals surface area contributed by atoms with Gasteiger partial charge in [-0.15, -0.1) is 0 Å².